The smallest absolute Gasteiger partial charge is 0.191 e. The summed E-state index contributed by atoms with van der Waals surface area (Å²) < 4.78 is 5.43. The highest BCUT2D eigenvalue weighted by atomic mass is 16.5. The molecule has 1 aromatic carbocycles. The van der Waals surface area contributed by atoms with Gasteiger partial charge in [0, 0.05) is 32.8 Å². The molecule has 0 fully saturated rings. The highest BCUT2D eigenvalue weighted by Gasteiger charge is 2.16. The maximum Gasteiger partial charge on any atom is 0.191 e. The third-order valence-corrected chi connectivity index (χ3v) is 4.11. The van der Waals surface area contributed by atoms with Gasteiger partial charge in [-0.25, -0.2) is 0 Å². The summed E-state index contributed by atoms with van der Waals surface area (Å²) in [6, 6.07) is 10.9. The van der Waals surface area contributed by atoms with Crippen LogP contribution in [0, 0.1) is 0 Å². The molecule has 1 unspecified atom stereocenters. The van der Waals surface area contributed by atoms with Crippen molar-refractivity contribution in [2.75, 3.05) is 33.8 Å². The number of hydrogen-bond donors (Lipinski definition) is 2. The van der Waals surface area contributed by atoms with Crippen molar-refractivity contribution in [1.82, 2.24) is 15.5 Å². The summed E-state index contributed by atoms with van der Waals surface area (Å²) in [5, 5.41) is 6.71. The van der Waals surface area contributed by atoms with E-state index in [1.54, 1.807) is 7.11 Å². The molecule has 0 amide bonds. The Bertz CT molecular complexity index is 487. The average molecular weight is 335 g/mol. The number of methoxy groups -OCH3 is 1. The Kier molecular flexibility index (Phi) is 8.79. The van der Waals surface area contributed by atoms with Crippen LogP contribution in [0.25, 0.3) is 0 Å². The minimum absolute atomic E-state index is 0.252. The molecule has 0 saturated heterocycles. The number of likely N-dealkylation sites (N-methyl/N-ethyl adjacent to an activating group) is 1. The van der Waals surface area contributed by atoms with Crippen molar-refractivity contribution in [1.29, 1.82) is 0 Å². The van der Waals surface area contributed by atoms with Gasteiger partial charge in [-0.1, -0.05) is 30.3 Å². The van der Waals surface area contributed by atoms with Gasteiger partial charge in [0.2, 0.25) is 0 Å². The van der Waals surface area contributed by atoms with E-state index in [1.165, 1.54) is 5.56 Å². The number of nitrogens with zero attached hydrogens (tertiary/aromatic N) is 2. The predicted molar refractivity (Wildman–Crippen MR) is 102 cm³/mol. The van der Waals surface area contributed by atoms with Crippen molar-refractivity contribution in [3.05, 3.63) is 35.9 Å². The van der Waals surface area contributed by atoms with Crippen molar-refractivity contribution in [3.8, 4) is 0 Å². The highest BCUT2D eigenvalue weighted by Crippen LogP contribution is 2.07. The molecule has 1 atom stereocenters. The van der Waals surface area contributed by atoms with Crippen LogP contribution in [0.1, 0.15) is 33.3 Å². The molecule has 0 saturated carbocycles. The fourth-order valence-corrected chi connectivity index (χ4v) is 2.10. The number of benzene rings is 1. The van der Waals surface area contributed by atoms with Gasteiger partial charge in [0.25, 0.3) is 0 Å². The van der Waals surface area contributed by atoms with E-state index in [-0.39, 0.29) is 5.60 Å². The third kappa shape index (κ3) is 7.79. The Morgan fingerprint density at radius 1 is 1.25 bits per heavy atom. The van der Waals surface area contributed by atoms with Crippen LogP contribution in [-0.4, -0.2) is 56.3 Å². The van der Waals surface area contributed by atoms with Crippen LogP contribution in [0.5, 0.6) is 0 Å². The van der Waals surface area contributed by atoms with Crippen LogP contribution >= 0.6 is 0 Å². The fourth-order valence-electron chi connectivity index (χ4n) is 2.10. The molecule has 1 rings (SSSR count). The number of hydrogen-bond acceptors (Lipinski definition) is 3. The number of aliphatic imine (C=N–C) groups is 1. The predicted octanol–water partition coefficient (Wildman–Crippen LogP) is 2.49. The molecule has 1 aromatic rings. The van der Waals surface area contributed by atoms with E-state index in [0.717, 1.165) is 25.6 Å². The molecule has 0 aromatic heterocycles. The topological polar surface area (TPSA) is 48.9 Å². The van der Waals surface area contributed by atoms with E-state index in [1.807, 2.05) is 13.8 Å². The molecular formula is C19H34N4O. The molecule has 5 heteroatoms. The van der Waals surface area contributed by atoms with E-state index in [4.69, 9.17) is 4.74 Å². The Balaban J connectivity index is 2.51. The standard InChI is InChI=1S/C19H34N4O/c1-7-20-18(22-15-19(3,4)24-6)21-13-16(2)23(5)14-17-11-9-8-10-12-17/h8-12,16H,7,13-15H2,1-6H3,(H2,20,21,22). The van der Waals surface area contributed by atoms with Gasteiger partial charge in [-0.3, -0.25) is 9.89 Å². The molecule has 0 heterocycles. The molecule has 0 spiro atoms. The summed E-state index contributed by atoms with van der Waals surface area (Å²) in [6.07, 6.45) is 0. The highest BCUT2D eigenvalue weighted by molar-refractivity contribution is 5.79. The van der Waals surface area contributed by atoms with Gasteiger partial charge in [0.05, 0.1) is 12.1 Å². The molecular weight excluding hydrogens is 300 g/mol. The molecule has 136 valence electrons. The largest absolute Gasteiger partial charge is 0.377 e. The lowest BCUT2D eigenvalue weighted by Gasteiger charge is -2.26. The zero-order valence-corrected chi connectivity index (χ0v) is 16.1. The van der Waals surface area contributed by atoms with Gasteiger partial charge in [-0.15, -0.1) is 0 Å². The first-order valence-electron chi connectivity index (χ1n) is 8.69. The van der Waals surface area contributed by atoms with E-state index >= 15 is 0 Å². The average Bonchev–Trinajstić information content (AvgIpc) is 2.58. The Hall–Kier alpha value is -1.59. The van der Waals surface area contributed by atoms with E-state index in [0.29, 0.717) is 12.6 Å². The van der Waals surface area contributed by atoms with Crippen LogP contribution in [0.4, 0.5) is 0 Å². The number of guanidine groups is 1. The molecule has 0 aliphatic heterocycles. The van der Waals surface area contributed by atoms with Gasteiger partial charge < -0.3 is 15.4 Å². The maximum absolute atomic E-state index is 5.43. The minimum Gasteiger partial charge on any atom is -0.377 e. The Morgan fingerprint density at radius 2 is 1.92 bits per heavy atom. The fraction of sp³-hybridized carbons (Fsp3) is 0.632. The van der Waals surface area contributed by atoms with Gasteiger partial charge in [-0.05, 0) is 40.3 Å². The summed E-state index contributed by atoms with van der Waals surface area (Å²) in [6.45, 7) is 11.6. The second-order valence-corrected chi connectivity index (χ2v) is 6.79. The van der Waals surface area contributed by atoms with E-state index < -0.39 is 0 Å². The van der Waals surface area contributed by atoms with Crippen molar-refractivity contribution in [3.63, 3.8) is 0 Å². The molecule has 24 heavy (non-hydrogen) atoms. The Morgan fingerprint density at radius 3 is 2.50 bits per heavy atom. The van der Waals surface area contributed by atoms with Crippen LogP contribution in [0.15, 0.2) is 35.3 Å². The number of ether oxygens (including phenoxy) is 1. The molecule has 2 N–H and O–H groups in total. The second kappa shape index (κ2) is 10.3. The zero-order valence-electron chi connectivity index (χ0n) is 16.1. The first-order valence-corrected chi connectivity index (χ1v) is 8.69. The summed E-state index contributed by atoms with van der Waals surface area (Å²) in [5.41, 5.74) is 1.08. The molecule has 5 nitrogen and oxygen atoms in total. The normalized spacial score (nSPS) is 13.9. The van der Waals surface area contributed by atoms with Crippen molar-refractivity contribution in [2.24, 2.45) is 4.99 Å². The van der Waals surface area contributed by atoms with Crippen LogP contribution in [-0.2, 0) is 11.3 Å². The van der Waals surface area contributed by atoms with Crippen LogP contribution in [0.2, 0.25) is 0 Å². The molecule has 0 bridgehead atoms. The molecule has 0 aliphatic rings. The minimum atomic E-state index is -0.252. The van der Waals surface area contributed by atoms with Crippen molar-refractivity contribution in [2.45, 2.75) is 45.9 Å². The van der Waals surface area contributed by atoms with E-state index in [9.17, 15) is 0 Å². The third-order valence-electron chi connectivity index (χ3n) is 4.11. The number of rotatable bonds is 9. The maximum atomic E-state index is 5.43. The van der Waals surface area contributed by atoms with Gasteiger partial charge >= 0.3 is 0 Å². The number of nitrogens with one attached hydrogen (secondary N) is 2. The van der Waals surface area contributed by atoms with E-state index in [2.05, 4.69) is 71.8 Å². The lowest BCUT2D eigenvalue weighted by atomic mass is 10.1. The second-order valence-electron chi connectivity index (χ2n) is 6.79. The molecule has 0 aliphatic carbocycles. The summed E-state index contributed by atoms with van der Waals surface area (Å²) in [5.74, 6) is 0.836. The lowest BCUT2D eigenvalue weighted by molar-refractivity contribution is 0.0310. The van der Waals surface area contributed by atoms with Crippen LogP contribution in [0.3, 0.4) is 0 Å². The van der Waals surface area contributed by atoms with Gasteiger partial charge in [-0.2, -0.15) is 0 Å². The quantitative estimate of drug-likeness (QED) is 0.538. The lowest BCUT2D eigenvalue weighted by Crippen LogP contribution is -2.45. The van der Waals surface area contributed by atoms with Gasteiger partial charge in [0.1, 0.15) is 0 Å². The Labute approximate surface area is 147 Å². The van der Waals surface area contributed by atoms with Crippen molar-refractivity contribution < 1.29 is 4.74 Å². The summed E-state index contributed by atoms with van der Waals surface area (Å²) in [7, 11) is 3.87. The summed E-state index contributed by atoms with van der Waals surface area (Å²) >= 11 is 0. The van der Waals surface area contributed by atoms with Crippen LogP contribution < -0.4 is 10.6 Å². The van der Waals surface area contributed by atoms with Gasteiger partial charge in [0.15, 0.2) is 5.96 Å². The zero-order chi connectivity index (χ0) is 18.0. The van der Waals surface area contributed by atoms with Crippen molar-refractivity contribution >= 4 is 5.96 Å². The monoisotopic (exact) mass is 334 g/mol. The summed E-state index contributed by atoms with van der Waals surface area (Å²) in [4.78, 5) is 6.96. The first-order chi connectivity index (χ1) is 11.4. The molecule has 0 radical (unpaired) electrons. The first kappa shape index (κ1) is 20.5. The SMILES string of the molecule is CCNC(=NCC(C)(C)OC)NCC(C)N(C)Cc1ccccc1.